The maximum Gasteiger partial charge on any atom is 0.248 e. The second-order valence-corrected chi connectivity index (χ2v) is 9.44. The summed E-state index contributed by atoms with van der Waals surface area (Å²) in [5, 5.41) is 0. The van der Waals surface area contributed by atoms with E-state index in [1.54, 1.807) is 12.0 Å². The molecule has 0 saturated carbocycles. The standard InChI is InChI=1S/C22H32N2O5S.2C2H6/c1-16-12-20(28-3)13-17(2)22(16)30(27)24-9-5-4-6-18(24)14-29-15-21(26)23-10-7-19(25)8-11-23;2*1-2/h12-13,18H,4-11,14-15H2,1-3H3;2*1-2H3. The summed E-state index contributed by atoms with van der Waals surface area (Å²) >= 11 is 0. The molecule has 0 aromatic heterocycles. The van der Waals surface area contributed by atoms with Crippen molar-refractivity contribution in [3.05, 3.63) is 23.3 Å². The van der Waals surface area contributed by atoms with Crippen molar-refractivity contribution in [2.45, 2.75) is 84.6 Å². The lowest BCUT2D eigenvalue weighted by Gasteiger charge is -2.35. The first-order valence-corrected chi connectivity index (χ1v) is 13.7. The van der Waals surface area contributed by atoms with E-state index in [0.717, 1.165) is 47.6 Å². The zero-order chi connectivity index (χ0) is 25.7. The molecule has 8 heteroatoms. The van der Waals surface area contributed by atoms with Crippen LogP contribution in [0.15, 0.2) is 17.0 Å². The minimum absolute atomic E-state index is 0.00571. The first-order chi connectivity index (χ1) is 16.4. The number of piperidine rings is 2. The number of ketones is 1. The fourth-order valence-corrected chi connectivity index (χ4v) is 5.79. The lowest BCUT2D eigenvalue weighted by molar-refractivity contribution is -0.139. The second-order valence-electron chi connectivity index (χ2n) is 8.06. The molecule has 1 aromatic carbocycles. The molecule has 3 rings (SSSR count). The van der Waals surface area contributed by atoms with Gasteiger partial charge in [0.15, 0.2) is 0 Å². The van der Waals surface area contributed by atoms with Crippen LogP contribution in [-0.2, 0) is 25.3 Å². The molecule has 1 amide bonds. The number of hydrogen-bond donors (Lipinski definition) is 0. The first kappa shape index (κ1) is 30.3. The van der Waals surface area contributed by atoms with Crippen molar-refractivity contribution in [2.24, 2.45) is 0 Å². The molecular weight excluding hydrogens is 452 g/mol. The van der Waals surface area contributed by atoms with E-state index in [1.165, 1.54) is 0 Å². The number of benzene rings is 1. The molecule has 0 bridgehead atoms. The summed E-state index contributed by atoms with van der Waals surface area (Å²) in [4.78, 5) is 26.2. The van der Waals surface area contributed by atoms with E-state index in [0.29, 0.717) is 32.5 Å². The third-order valence-electron chi connectivity index (χ3n) is 5.84. The van der Waals surface area contributed by atoms with Crippen molar-refractivity contribution in [2.75, 3.05) is 40.0 Å². The molecule has 34 heavy (non-hydrogen) atoms. The number of nitrogens with zero attached hydrogens (tertiary/aromatic N) is 2. The van der Waals surface area contributed by atoms with E-state index in [1.807, 2.05) is 58.0 Å². The maximum absolute atomic E-state index is 13.5. The van der Waals surface area contributed by atoms with Crippen LogP contribution in [0.3, 0.4) is 0 Å². The molecule has 0 spiro atoms. The Hall–Kier alpha value is -1.77. The van der Waals surface area contributed by atoms with Crippen LogP contribution in [0.1, 0.15) is 70.9 Å². The predicted molar refractivity (Wildman–Crippen MR) is 138 cm³/mol. The number of carbonyl (C=O) groups is 2. The Morgan fingerprint density at radius 1 is 1.03 bits per heavy atom. The highest BCUT2D eigenvalue weighted by atomic mass is 32.2. The fraction of sp³-hybridized carbons (Fsp3) is 0.692. The van der Waals surface area contributed by atoms with Crippen molar-refractivity contribution >= 4 is 22.7 Å². The van der Waals surface area contributed by atoms with Crippen molar-refractivity contribution < 1.29 is 23.3 Å². The van der Waals surface area contributed by atoms with Gasteiger partial charge in [-0.1, -0.05) is 34.1 Å². The van der Waals surface area contributed by atoms with Gasteiger partial charge in [-0.2, -0.15) is 0 Å². The van der Waals surface area contributed by atoms with Gasteiger partial charge in [-0.25, -0.2) is 8.51 Å². The molecule has 0 aliphatic carbocycles. The van der Waals surface area contributed by atoms with Crippen LogP contribution in [0.4, 0.5) is 0 Å². The molecule has 2 aliphatic heterocycles. The topological polar surface area (TPSA) is 76.2 Å². The van der Waals surface area contributed by atoms with E-state index < -0.39 is 11.0 Å². The van der Waals surface area contributed by atoms with Gasteiger partial charge < -0.3 is 14.4 Å². The van der Waals surface area contributed by atoms with E-state index in [9.17, 15) is 13.8 Å². The van der Waals surface area contributed by atoms with Gasteiger partial charge in [-0.3, -0.25) is 9.59 Å². The monoisotopic (exact) mass is 496 g/mol. The summed E-state index contributed by atoms with van der Waals surface area (Å²) < 4.78 is 26.5. The first-order valence-electron chi connectivity index (χ1n) is 12.6. The highest BCUT2D eigenvalue weighted by Gasteiger charge is 2.30. The molecule has 2 saturated heterocycles. The van der Waals surface area contributed by atoms with Crippen LogP contribution in [0.2, 0.25) is 0 Å². The highest BCUT2D eigenvalue weighted by molar-refractivity contribution is 7.82. The lowest BCUT2D eigenvalue weighted by Crippen LogP contribution is -2.45. The largest absolute Gasteiger partial charge is 0.497 e. The third-order valence-corrected chi connectivity index (χ3v) is 7.74. The van der Waals surface area contributed by atoms with Gasteiger partial charge in [0.05, 0.1) is 18.6 Å². The Kier molecular flexibility index (Phi) is 14.2. The Morgan fingerprint density at radius 3 is 2.18 bits per heavy atom. The summed E-state index contributed by atoms with van der Waals surface area (Å²) in [5.41, 5.74) is 1.90. The quantitative estimate of drug-likeness (QED) is 0.557. The Labute approximate surface area is 208 Å². The van der Waals surface area contributed by atoms with Crippen molar-refractivity contribution in [3.8, 4) is 5.75 Å². The molecule has 1 aromatic rings. The molecule has 194 valence electrons. The summed E-state index contributed by atoms with van der Waals surface area (Å²) in [6.07, 6.45) is 3.82. The zero-order valence-corrected chi connectivity index (χ0v) is 23.0. The molecule has 2 aliphatic rings. The minimum atomic E-state index is -1.29. The number of hydrogen-bond acceptors (Lipinski definition) is 5. The molecule has 0 N–H and O–H groups in total. The van der Waals surface area contributed by atoms with Crippen LogP contribution in [0.25, 0.3) is 0 Å². The van der Waals surface area contributed by atoms with E-state index >= 15 is 0 Å². The number of rotatable bonds is 7. The van der Waals surface area contributed by atoms with Crippen LogP contribution in [0, 0.1) is 13.8 Å². The van der Waals surface area contributed by atoms with Crippen LogP contribution < -0.4 is 4.74 Å². The average molecular weight is 497 g/mol. The van der Waals surface area contributed by atoms with Gasteiger partial charge in [-0.05, 0) is 49.9 Å². The summed E-state index contributed by atoms with van der Waals surface area (Å²) in [5.74, 6) is 0.902. The van der Waals surface area contributed by atoms with Crippen LogP contribution in [-0.4, -0.2) is 71.1 Å². The van der Waals surface area contributed by atoms with Gasteiger partial charge in [0, 0.05) is 38.5 Å². The van der Waals surface area contributed by atoms with Crippen LogP contribution >= 0.6 is 0 Å². The minimum Gasteiger partial charge on any atom is -0.497 e. The molecule has 2 atom stereocenters. The summed E-state index contributed by atoms with van der Waals surface area (Å²) in [6, 6.07) is 3.84. The molecule has 2 fully saturated rings. The Balaban J connectivity index is 0.00000137. The SMILES string of the molecule is CC.CC.COc1cc(C)c(S(=O)N2CCCCC2COCC(=O)N2CCC(=O)CC2)c(C)c1. The summed E-state index contributed by atoms with van der Waals surface area (Å²) in [6.45, 7) is 14.0. The molecule has 2 heterocycles. The summed E-state index contributed by atoms with van der Waals surface area (Å²) in [7, 11) is 0.340. The van der Waals surface area contributed by atoms with Gasteiger partial charge in [0.1, 0.15) is 29.1 Å². The predicted octanol–water partition coefficient (Wildman–Crippen LogP) is 4.45. The Morgan fingerprint density at radius 2 is 1.62 bits per heavy atom. The van der Waals surface area contributed by atoms with Gasteiger partial charge >= 0.3 is 0 Å². The van der Waals surface area contributed by atoms with E-state index in [2.05, 4.69) is 0 Å². The second kappa shape index (κ2) is 16.0. The number of amides is 1. The highest BCUT2D eigenvalue weighted by Crippen LogP contribution is 2.29. The molecular formula is C26H44N2O5S. The third kappa shape index (κ3) is 8.47. The number of ether oxygens (including phenoxy) is 2. The number of aryl methyl sites for hydroxylation is 2. The smallest absolute Gasteiger partial charge is 0.248 e. The lowest BCUT2D eigenvalue weighted by atomic mass is 10.1. The average Bonchev–Trinajstić information content (AvgIpc) is 2.86. The number of Topliss-reactive ketones (excluding diaryl/α,β-unsaturated/α-hetero) is 1. The molecule has 7 nitrogen and oxygen atoms in total. The maximum atomic E-state index is 13.5. The van der Waals surface area contributed by atoms with Crippen molar-refractivity contribution in [3.63, 3.8) is 0 Å². The van der Waals surface area contributed by atoms with Gasteiger partial charge in [0.25, 0.3) is 0 Å². The number of likely N-dealkylation sites (tertiary alicyclic amines) is 1. The van der Waals surface area contributed by atoms with E-state index in [4.69, 9.17) is 9.47 Å². The number of methoxy groups -OCH3 is 1. The van der Waals surface area contributed by atoms with Crippen molar-refractivity contribution in [1.82, 2.24) is 9.21 Å². The molecule has 2 unspecified atom stereocenters. The van der Waals surface area contributed by atoms with Crippen molar-refractivity contribution in [1.29, 1.82) is 0 Å². The van der Waals surface area contributed by atoms with E-state index in [-0.39, 0.29) is 24.3 Å². The van der Waals surface area contributed by atoms with Gasteiger partial charge in [0.2, 0.25) is 5.91 Å². The van der Waals surface area contributed by atoms with Crippen LogP contribution in [0.5, 0.6) is 5.75 Å². The zero-order valence-electron chi connectivity index (χ0n) is 22.1. The normalized spacial score (nSPS) is 19.3. The number of carbonyl (C=O) groups excluding carboxylic acids is 2. The van der Waals surface area contributed by atoms with Gasteiger partial charge in [-0.15, -0.1) is 0 Å². The Bertz CT molecular complexity index is 781. The fourth-order valence-electron chi connectivity index (χ4n) is 4.16. The molecule has 0 radical (unpaired) electrons.